The van der Waals surface area contributed by atoms with Crippen LogP contribution in [0.1, 0.15) is 32.3 Å². The van der Waals surface area contributed by atoms with Gasteiger partial charge < -0.3 is 10.6 Å². The number of rotatable bonds is 9. The van der Waals surface area contributed by atoms with Gasteiger partial charge in [0.2, 0.25) is 17.7 Å². The Balaban J connectivity index is 2.88. The third-order valence-electron chi connectivity index (χ3n) is 3.92. The van der Waals surface area contributed by atoms with Crippen LogP contribution in [0.25, 0.3) is 0 Å². The number of carbonyl (C=O) groups excluding carboxylic acids is 3. The summed E-state index contributed by atoms with van der Waals surface area (Å²) in [6, 6.07) is 6.23. The number of benzene rings is 1. The molecule has 0 aliphatic heterocycles. The quantitative estimate of drug-likeness (QED) is 0.384. The number of hydroxylamine groups is 1. The first-order chi connectivity index (χ1) is 12.3. The molecule has 0 aliphatic rings. The highest BCUT2D eigenvalue weighted by Gasteiger charge is 2.27. The van der Waals surface area contributed by atoms with Gasteiger partial charge in [-0.15, -0.1) is 0 Å². The molecular formula is C18H26ClN3O4. The fraction of sp³-hybridized carbons (Fsp3) is 0.500. The van der Waals surface area contributed by atoms with Crippen LogP contribution in [0.4, 0.5) is 0 Å². The van der Waals surface area contributed by atoms with Gasteiger partial charge in [-0.3, -0.25) is 19.6 Å². The number of carbonyl (C=O) groups is 3. The van der Waals surface area contributed by atoms with Crippen LogP contribution in [0.5, 0.6) is 0 Å². The Morgan fingerprint density at radius 1 is 1.12 bits per heavy atom. The second kappa shape index (κ2) is 10.8. The lowest BCUT2D eigenvalue weighted by atomic mass is 9.92. The lowest BCUT2D eigenvalue weighted by molar-refractivity contribution is -0.136. The van der Waals surface area contributed by atoms with Crippen LogP contribution in [0, 0.1) is 11.8 Å². The highest BCUT2D eigenvalue weighted by Crippen LogP contribution is 2.17. The van der Waals surface area contributed by atoms with Crippen molar-refractivity contribution in [2.24, 2.45) is 11.8 Å². The summed E-state index contributed by atoms with van der Waals surface area (Å²) < 4.78 is 0. The van der Waals surface area contributed by atoms with Crippen LogP contribution in [0.3, 0.4) is 0 Å². The molecule has 7 nitrogen and oxygen atoms in total. The third kappa shape index (κ3) is 7.41. The summed E-state index contributed by atoms with van der Waals surface area (Å²) in [5.74, 6) is -1.83. The largest absolute Gasteiger partial charge is 0.357 e. The summed E-state index contributed by atoms with van der Waals surface area (Å²) in [5.41, 5.74) is 2.39. The fourth-order valence-electron chi connectivity index (χ4n) is 2.65. The second-order valence-corrected chi connectivity index (χ2v) is 7.01. The van der Waals surface area contributed by atoms with Gasteiger partial charge in [-0.1, -0.05) is 37.6 Å². The van der Waals surface area contributed by atoms with Gasteiger partial charge in [-0.25, -0.2) is 5.48 Å². The molecule has 0 radical (unpaired) electrons. The molecule has 3 amide bonds. The average molecular weight is 384 g/mol. The van der Waals surface area contributed by atoms with Gasteiger partial charge in [0.25, 0.3) is 0 Å². The van der Waals surface area contributed by atoms with Crippen molar-refractivity contribution in [2.75, 3.05) is 7.05 Å². The normalized spacial score (nSPS) is 13.0. The summed E-state index contributed by atoms with van der Waals surface area (Å²) >= 11 is 5.87. The van der Waals surface area contributed by atoms with E-state index in [2.05, 4.69) is 10.6 Å². The molecule has 0 aliphatic carbocycles. The van der Waals surface area contributed by atoms with Gasteiger partial charge in [0, 0.05) is 30.8 Å². The van der Waals surface area contributed by atoms with Crippen molar-refractivity contribution in [2.45, 2.75) is 39.2 Å². The lowest BCUT2D eigenvalue weighted by Crippen LogP contribution is -2.49. The molecule has 1 aromatic rings. The summed E-state index contributed by atoms with van der Waals surface area (Å²) in [6.07, 6.45) is 0.603. The van der Waals surface area contributed by atoms with Crippen molar-refractivity contribution >= 4 is 29.3 Å². The summed E-state index contributed by atoms with van der Waals surface area (Å²) in [5, 5.41) is 14.6. The highest BCUT2D eigenvalue weighted by molar-refractivity contribution is 6.30. The molecule has 4 N–H and O–H groups in total. The van der Waals surface area contributed by atoms with Gasteiger partial charge in [0.1, 0.15) is 6.04 Å². The van der Waals surface area contributed by atoms with E-state index in [9.17, 15) is 14.4 Å². The molecule has 144 valence electrons. The number of halogens is 1. The van der Waals surface area contributed by atoms with E-state index in [1.807, 2.05) is 13.8 Å². The van der Waals surface area contributed by atoms with Crippen molar-refractivity contribution in [3.63, 3.8) is 0 Å². The zero-order valence-corrected chi connectivity index (χ0v) is 16.0. The molecule has 0 fully saturated rings. The monoisotopic (exact) mass is 383 g/mol. The van der Waals surface area contributed by atoms with E-state index in [0.717, 1.165) is 5.56 Å². The topological polar surface area (TPSA) is 108 Å². The van der Waals surface area contributed by atoms with Crippen LogP contribution in [-0.4, -0.2) is 36.0 Å². The van der Waals surface area contributed by atoms with Crippen LogP contribution < -0.4 is 16.1 Å². The lowest BCUT2D eigenvalue weighted by Gasteiger charge is -2.22. The van der Waals surface area contributed by atoms with E-state index >= 15 is 0 Å². The molecule has 0 bridgehead atoms. The minimum absolute atomic E-state index is 0.151. The number of likely N-dealkylation sites (N-methyl/N-ethyl adjacent to an activating group) is 1. The molecule has 26 heavy (non-hydrogen) atoms. The van der Waals surface area contributed by atoms with Crippen molar-refractivity contribution in [3.05, 3.63) is 34.9 Å². The van der Waals surface area contributed by atoms with Gasteiger partial charge in [0.15, 0.2) is 0 Å². The number of nitrogens with one attached hydrogen (secondary N) is 3. The van der Waals surface area contributed by atoms with Crippen LogP contribution in [0.2, 0.25) is 5.02 Å². The zero-order valence-electron chi connectivity index (χ0n) is 15.2. The minimum Gasteiger partial charge on any atom is -0.357 e. The Bertz CT molecular complexity index is 619. The van der Waals surface area contributed by atoms with E-state index in [1.54, 1.807) is 29.7 Å². The van der Waals surface area contributed by atoms with Crippen molar-refractivity contribution < 1.29 is 19.6 Å². The molecule has 0 spiro atoms. The minimum atomic E-state index is -0.777. The van der Waals surface area contributed by atoms with Crippen LogP contribution in [-0.2, 0) is 20.8 Å². The maximum atomic E-state index is 12.6. The molecule has 0 aromatic heterocycles. The van der Waals surface area contributed by atoms with E-state index in [0.29, 0.717) is 17.9 Å². The maximum absolute atomic E-state index is 12.6. The molecule has 1 aromatic carbocycles. The molecule has 0 heterocycles. The Labute approximate surface area is 158 Å². The zero-order chi connectivity index (χ0) is 19.7. The predicted octanol–water partition coefficient (Wildman–Crippen LogP) is 1.67. The molecule has 2 atom stereocenters. The Morgan fingerprint density at radius 2 is 1.73 bits per heavy atom. The number of hydrogen-bond acceptors (Lipinski definition) is 4. The van der Waals surface area contributed by atoms with Gasteiger partial charge >= 0.3 is 0 Å². The smallest absolute Gasteiger partial charge is 0.244 e. The van der Waals surface area contributed by atoms with Gasteiger partial charge in [-0.2, -0.15) is 0 Å². The molecule has 0 unspecified atom stereocenters. The molecule has 0 saturated carbocycles. The van der Waals surface area contributed by atoms with E-state index < -0.39 is 23.8 Å². The SMILES string of the molecule is CNC(=O)[C@H](Cc1ccc(Cl)cc1)NC(=O)[C@@H](CC(=O)NO)CC(C)C. The standard InChI is InChI=1S/C18H26ClN3O4/c1-11(2)8-13(10-16(23)22-26)17(24)21-15(18(25)20-3)9-12-4-6-14(19)7-5-12/h4-7,11,13,15,26H,8-10H2,1-3H3,(H,20,25)(H,21,24)(H,22,23)/t13-,15+/m1/s1. The highest BCUT2D eigenvalue weighted by atomic mass is 35.5. The van der Waals surface area contributed by atoms with Crippen molar-refractivity contribution in [1.82, 2.24) is 16.1 Å². The summed E-state index contributed by atoms with van der Waals surface area (Å²) in [6.45, 7) is 3.86. The summed E-state index contributed by atoms with van der Waals surface area (Å²) in [4.78, 5) is 36.3. The second-order valence-electron chi connectivity index (χ2n) is 6.57. The Kier molecular flexibility index (Phi) is 9.09. The van der Waals surface area contributed by atoms with Crippen molar-refractivity contribution in [3.8, 4) is 0 Å². The van der Waals surface area contributed by atoms with Crippen LogP contribution >= 0.6 is 11.6 Å². The predicted molar refractivity (Wildman–Crippen MR) is 98.6 cm³/mol. The molecule has 1 rings (SSSR count). The van der Waals surface area contributed by atoms with E-state index in [1.165, 1.54) is 7.05 Å². The van der Waals surface area contributed by atoms with Gasteiger partial charge in [0.05, 0.1) is 0 Å². The van der Waals surface area contributed by atoms with Crippen LogP contribution in [0.15, 0.2) is 24.3 Å². The van der Waals surface area contributed by atoms with Crippen molar-refractivity contribution in [1.29, 1.82) is 0 Å². The molecule has 0 saturated heterocycles. The van der Waals surface area contributed by atoms with E-state index in [-0.39, 0.29) is 18.2 Å². The first-order valence-electron chi connectivity index (χ1n) is 8.46. The summed E-state index contributed by atoms with van der Waals surface area (Å²) in [7, 11) is 1.49. The first kappa shape index (κ1) is 21.9. The molecular weight excluding hydrogens is 358 g/mol. The maximum Gasteiger partial charge on any atom is 0.244 e. The first-order valence-corrected chi connectivity index (χ1v) is 8.84. The third-order valence-corrected chi connectivity index (χ3v) is 4.17. The van der Waals surface area contributed by atoms with E-state index in [4.69, 9.17) is 16.8 Å². The number of hydrogen-bond donors (Lipinski definition) is 4. The Hall–Kier alpha value is -2.12. The Morgan fingerprint density at radius 3 is 2.23 bits per heavy atom. The average Bonchev–Trinajstić information content (AvgIpc) is 2.61. The molecule has 8 heteroatoms. The van der Waals surface area contributed by atoms with Gasteiger partial charge in [-0.05, 0) is 30.0 Å². The number of amides is 3. The fourth-order valence-corrected chi connectivity index (χ4v) is 2.78.